The molecule has 0 unspecified atom stereocenters. The summed E-state index contributed by atoms with van der Waals surface area (Å²) in [5.74, 6) is 0. The smallest absolute Gasteiger partial charge is 0.110 e. The van der Waals surface area contributed by atoms with Crippen LogP contribution in [-0.2, 0) is 4.74 Å². The van der Waals surface area contributed by atoms with Crippen LogP contribution in [0.4, 0.5) is 0 Å². The summed E-state index contributed by atoms with van der Waals surface area (Å²) in [5.41, 5.74) is 0. The van der Waals surface area contributed by atoms with Gasteiger partial charge in [-0.2, -0.15) is 0 Å². The van der Waals surface area contributed by atoms with Gasteiger partial charge >= 0.3 is 0 Å². The molecule has 0 spiro atoms. The number of rotatable bonds is 6. The quantitative estimate of drug-likeness (QED) is 0.590. The molecule has 0 amide bonds. The normalized spacial score (nSPS) is 24.0. The van der Waals surface area contributed by atoms with Gasteiger partial charge < -0.3 is 4.74 Å². The lowest BCUT2D eigenvalue weighted by molar-refractivity contribution is 0.0278. The molecule has 0 aromatic heterocycles. The predicted molar refractivity (Wildman–Crippen MR) is 55.7 cm³/mol. The van der Waals surface area contributed by atoms with Crippen molar-refractivity contribution >= 4 is 0 Å². The molecule has 0 aromatic rings. The molecule has 0 aliphatic carbocycles. The van der Waals surface area contributed by atoms with E-state index in [0.717, 1.165) is 19.7 Å². The third-order valence-electron chi connectivity index (χ3n) is 2.81. The summed E-state index contributed by atoms with van der Waals surface area (Å²) in [4.78, 5) is 2.44. The fourth-order valence-electron chi connectivity index (χ4n) is 1.93. The summed E-state index contributed by atoms with van der Waals surface area (Å²) >= 11 is 0. The number of unbranched alkanes of at least 4 members (excludes halogenated alkanes) is 3. The Morgan fingerprint density at radius 1 is 1.23 bits per heavy atom. The van der Waals surface area contributed by atoms with E-state index < -0.39 is 0 Å². The van der Waals surface area contributed by atoms with Gasteiger partial charge in [-0.1, -0.05) is 33.1 Å². The summed E-state index contributed by atoms with van der Waals surface area (Å²) in [7, 11) is 0. The van der Waals surface area contributed by atoms with Gasteiger partial charge in [0.2, 0.25) is 0 Å². The second kappa shape index (κ2) is 6.39. The van der Waals surface area contributed by atoms with Crippen LogP contribution < -0.4 is 0 Å². The first-order chi connectivity index (χ1) is 6.38. The fraction of sp³-hybridized carbons (Fsp3) is 1.00. The van der Waals surface area contributed by atoms with E-state index in [-0.39, 0.29) is 0 Å². The van der Waals surface area contributed by atoms with Gasteiger partial charge in [-0.3, -0.25) is 4.90 Å². The molecule has 0 saturated carbocycles. The van der Waals surface area contributed by atoms with Crippen molar-refractivity contribution in [3.63, 3.8) is 0 Å². The Balaban J connectivity index is 2.06. The van der Waals surface area contributed by atoms with Gasteiger partial charge in [0.1, 0.15) is 6.23 Å². The Morgan fingerprint density at radius 2 is 2.08 bits per heavy atom. The summed E-state index contributed by atoms with van der Waals surface area (Å²) in [5, 5.41) is 0. The first-order valence-electron chi connectivity index (χ1n) is 5.74. The minimum absolute atomic E-state index is 0.432. The van der Waals surface area contributed by atoms with Crippen molar-refractivity contribution in [1.82, 2.24) is 4.90 Å². The Morgan fingerprint density at radius 3 is 2.77 bits per heavy atom. The van der Waals surface area contributed by atoms with Crippen LogP contribution >= 0.6 is 0 Å². The third kappa shape index (κ3) is 3.65. The molecular formula is C11H23NO. The topological polar surface area (TPSA) is 12.5 Å². The van der Waals surface area contributed by atoms with E-state index in [4.69, 9.17) is 4.74 Å². The molecule has 1 fully saturated rings. The predicted octanol–water partition coefficient (Wildman–Crippen LogP) is 2.64. The summed E-state index contributed by atoms with van der Waals surface area (Å²) in [6, 6.07) is 0. The zero-order valence-electron chi connectivity index (χ0n) is 9.09. The fourth-order valence-corrected chi connectivity index (χ4v) is 1.93. The van der Waals surface area contributed by atoms with Gasteiger partial charge in [-0.05, 0) is 19.4 Å². The summed E-state index contributed by atoms with van der Waals surface area (Å²) < 4.78 is 5.66. The highest BCUT2D eigenvalue weighted by Gasteiger charge is 2.22. The highest BCUT2D eigenvalue weighted by Crippen LogP contribution is 2.16. The zero-order valence-corrected chi connectivity index (χ0v) is 9.09. The van der Waals surface area contributed by atoms with Crippen LogP contribution in [-0.4, -0.2) is 30.8 Å². The van der Waals surface area contributed by atoms with Crippen LogP contribution in [0, 0.1) is 0 Å². The molecular weight excluding hydrogens is 162 g/mol. The van der Waals surface area contributed by atoms with Crippen molar-refractivity contribution in [2.75, 3.05) is 19.7 Å². The minimum Gasteiger partial charge on any atom is -0.362 e. The molecule has 1 saturated heterocycles. The van der Waals surface area contributed by atoms with E-state index in [9.17, 15) is 0 Å². The summed E-state index contributed by atoms with van der Waals surface area (Å²) in [6.45, 7) is 7.68. The molecule has 2 heteroatoms. The molecule has 0 N–H and O–H groups in total. The van der Waals surface area contributed by atoms with E-state index in [1.54, 1.807) is 0 Å². The van der Waals surface area contributed by atoms with Crippen LogP contribution in [0.1, 0.15) is 46.0 Å². The largest absolute Gasteiger partial charge is 0.362 e. The van der Waals surface area contributed by atoms with Crippen LogP contribution in [0.25, 0.3) is 0 Å². The molecule has 1 aliphatic rings. The van der Waals surface area contributed by atoms with E-state index in [1.807, 2.05) is 0 Å². The second-order valence-electron chi connectivity index (χ2n) is 3.80. The number of ether oxygens (including phenoxy) is 1. The van der Waals surface area contributed by atoms with Crippen molar-refractivity contribution in [1.29, 1.82) is 0 Å². The maximum absolute atomic E-state index is 5.66. The van der Waals surface area contributed by atoms with Gasteiger partial charge in [-0.25, -0.2) is 0 Å². The number of nitrogens with zero attached hydrogens (tertiary/aromatic N) is 1. The van der Waals surface area contributed by atoms with E-state index in [1.165, 1.54) is 32.1 Å². The molecule has 0 aromatic carbocycles. The van der Waals surface area contributed by atoms with Crippen LogP contribution in [0.3, 0.4) is 0 Å². The lowest BCUT2D eigenvalue weighted by Gasteiger charge is -2.20. The molecule has 1 atom stereocenters. The van der Waals surface area contributed by atoms with Crippen molar-refractivity contribution in [2.45, 2.75) is 52.2 Å². The molecule has 1 aliphatic heterocycles. The second-order valence-corrected chi connectivity index (χ2v) is 3.80. The molecule has 0 bridgehead atoms. The Kier molecular flexibility index (Phi) is 5.40. The Labute approximate surface area is 82.3 Å². The van der Waals surface area contributed by atoms with Crippen LogP contribution in [0.5, 0.6) is 0 Å². The number of hydrogen-bond acceptors (Lipinski definition) is 2. The molecule has 78 valence electrons. The molecule has 1 rings (SSSR count). The standard InChI is InChI=1S/C11H23NO/c1-3-5-6-7-8-11-12(4-2)9-10-13-11/h11H,3-10H2,1-2H3/t11-/m0/s1. The number of hydrogen-bond donors (Lipinski definition) is 0. The monoisotopic (exact) mass is 185 g/mol. The maximum atomic E-state index is 5.66. The highest BCUT2D eigenvalue weighted by molar-refractivity contribution is 4.68. The molecule has 13 heavy (non-hydrogen) atoms. The van der Waals surface area contributed by atoms with Gasteiger partial charge in [0, 0.05) is 6.54 Å². The first-order valence-corrected chi connectivity index (χ1v) is 5.74. The summed E-state index contributed by atoms with van der Waals surface area (Å²) in [6.07, 6.45) is 7.06. The van der Waals surface area contributed by atoms with Crippen molar-refractivity contribution in [3.05, 3.63) is 0 Å². The van der Waals surface area contributed by atoms with Gasteiger partial charge in [0.15, 0.2) is 0 Å². The lowest BCUT2D eigenvalue weighted by Crippen LogP contribution is -2.29. The molecule has 2 nitrogen and oxygen atoms in total. The van der Waals surface area contributed by atoms with Crippen LogP contribution in [0.15, 0.2) is 0 Å². The SMILES string of the molecule is CCCCCC[C@@H]1OCCN1CC. The molecule has 0 radical (unpaired) electrons. The van der Waals surface area contributed by atoms with E-state index in [2.05, 4.69) is 18.7 Å². The Hall–Kier alpha value is -0.0800. The maximum Gasteiger partial charge on any atom is 0.110 e. The van der Waals surface area contributed by atoms with Gasteiger partial charge in [-0.15, -0.1) is 0 Å². The average molecular weight is 185 g/mol. The first kappa shape index (κ1) is 11.0. The zero-order chi connectivity index (χ0) is 9.52. The van der Waals surface area contributed by atoms with Crippen LogP contribution in [0.2, 0.25) is 0 Å². The minimum atomic E-state index is 0.432. The van der Waals surface area contributed by atoms with Crippen molar-refractivity contribution in [2.24, 2.45) is 0 Å². The van der Waals surface area contributed by atoms with Crippen molar-refractivity contribution < 1.29 is 4.74 Å². The van der Waals surface area contributed by atoms with E-state index >= 15 is 0 Å². The average Bonchev–Trinajstić information content (AvgIpc) is 2.60. The molecule has 1 heterocycles. The van der Waals surface area contributed by atoms with Gasteiger partial charge in [0.25, 0.3) is 0 Å². The lowest BCUT2D eigenvalue weighted by atomic mass is 10.1. The number of likely N-dealkylation sites (N-methyl/N-ethyl adjacent to an activating group) is 1. The Bertz CT molecular complexity index is 127. The third-order valence-corrected chi connectivity index (χ3v) is 2.81. The highest BCUT2D eigenvalue weighted by atomic mass is 16.5. The van der Waals surface area contributed by atoms with E-state index in [0.29, 0.717) is 6.23 Å². The van der Waals surface area contributed by atoms with Crippen molar-refractivity contribution in [3.8, 4) is 0 Å². The van der Waals surface area contributed by atoms with Gasteiger partial charge in [0.05, 0.1) is 6.61 Å².